The molecule has 5 heteroatoms. The summed E-state index contributed by atoms with van der Waals surface area (Å²) in [6.07, 6.45) is 0. The molecule has 0 aliphatic carbocycles. The molecular weight excluding hydrogens is 307 g/mol. The van der Waals surface area contributed by atoms with Crippen LogP contribution in [0.5, 0.6) is 5.75 Å². The van der Waals surface area contributed by atoms with Gasteiger partial charge < -0.3 is 4.74 Å². The van der Waals surface area contributed by atoms with E-state index in [1.54, 1.807) is 17.5 Å². The lowest BCUT2D eigenvalue weighted by molar-refractivity contribution is 0.103. The Kier molecular flexibility index (Phi) is 3.59. The number of carbonyl (C=O) groups is 1. The van der Waals surface area contributed by atoms with Crippen molar-refractivity contribution in [1.29, 1.82) is 0 Å². The second-order valence-electron chi connectivity index (χ2n) is 3.24. The molecule has 88 valence electrons. The lowest BCUT2D eigenvalue weighted by atomic mass is 10.1. The van der Waals surface area contributed by atoms with Crippen LogP contribution >= 0.6 is 27.3 Å². The molecule has 1 heterocycles. The minimum Gasteiger partial charge on any atom is -0.495 e. The topological polar surface area (TPSA) is 26.3 Å². The maximum Gasteiger partial charge on any atom is 0.209 e. The molecule has 0 aliphatic heterocycles. The summed E-state index contributed by atoms with van der Waals surface area (Å²) in [6, 6.07) is 6.17. The Labute approximate surface area is 110 Å². The molecule has 0 aliphatic rings. The molecule has 0 radical (unpaired) electrons. The van der Waals surface area contributed by atoms with E-state index in [0.717, 1.165) is 0 Å². The first-order chi connectivity index (χ1) is 8.15. The number of benzene rings is 1. The van der Waals surface area contributed by atoms with E-state index in [1.165, 1.54) is 30.6 Å². The number of ketones is 1. The summed E-state index contributed by atoms with van der Waals surface area (Å²) >= 11 is 4.51. The van der Waals surface area contributed by atoms with E-state index in [1.807, 2.05) is 0 Å². The average molecular weight is 315 g/mol. The molecule has 1 aromatic carbocycles. The van der Waals surface area contributed by atoms with Gasteiger partial charge in [0.05, 0.1) is 16.5 Å². The second kappa shape index (κ2) is 4.98. The third-order valence-corrected chi connectivity index (χ3v) is 3.73. The molecule has 0 saturated heterocycles. The predicted octanol–water partition coefficient (Wildman–Crippen LogP) is 3.89. The fourth-order valence-corrected chi connectivity index (χ4v) is 2.64. The number of carbonyl (C=O) groups excluding carboxylic acids is 1. The van der Waals surface area contributed by atoms with E-state index in [9.17, 15) is 9.18 Å². The van der Waals surface area contributed by atoms with Crippen molar-refractivity contribution >= 4 is 33.0 Å². The molecule has 1 aromatic heterocycles. The van der Waals surface area contributed by atoms with Gasteiger partial charge in [-0.15, -0.1) is 11.3 Å². The Morgan fingerprint density at radius 1 is 1.41 bits per heavy atom. The Morgan fingerprint density at radius 2 is 2.18 bits per heavy atom. The molecule has 0 unspecified atom stereocenters. The van der Waals surface area contributed by atoms with Crippen molar-refractivity contribution in [2.75, 3.05) is 7.11 Å². The quantitative estimate of drug-likeness (QED) is 0.803. The number of rotatable bonds is 3. The van der Waals surface area contributed by atoms with E-state index in [4.69, 9.17) is 4.74 Å². The molecule has 2 nitrogen and oxygen atoms in total. The Bertz CT molecular complexity index is 552. The average Bonchev–Trinajstić information content (AvgIpc) is 2.84. The first-order valence-corrected chi connectivity index (χ1v) is 6.42. The van der Waals surface area contributed by atoms with Gasteiger partial charge in [-0.05, 0) is 39.5 Å². The molecule has 0 fully saturated rings. The van der Waals surface area contributed by atoms with E-state index in [0.29, 0.717) is 9.35 Å². The standard InChI is InChI=1S/C12H8BrFO2S/c1-16-12-7(13)4-5-8(14)10(12)11(15)9-3-2-6-17-9/h2-6H,1H3. The zero-order valence-corrected chi connectivity index (χ0v) is 11.3. The van der Waals surface area contributed by atoms with Gasteiger partial charge >= 0.3 is 0 Å². The van der Waals surface area contributed by atoms with E-state index < -0.39 is 5.82 Å². The lowest BCUT2D eigenvalue weighted by Gasteiger charge is -2.09. The maximum absolute atomic E-state index is 13.7. The van der Waals surface area contributed by atoms with Gasteiger partial charge in [-0.2, -0.15) is 0 Å². The molecule has 17 heavy (non-hydrogen) atoms. The van der Waals surface area contributed by atoms with Gasteiger partial charge in [-0.25, -0.2) is 4.39 Å². The van der Waals surface area contributed by atoms with Crippen LogP contribution in [0.4, 0.5) is 4.39 Å². The first kappa shape index (κ1) is 12.3. The Balaban J connectivity index is 2.58. The number of hydrogen-bond donors (Lipinski definition) is 0. The van der Waals surface area contributed by atoms with Crippen molar-refractivity contribution in [3.05, 3.63) is 50.4 Å². The summed E-state index contributed by atoms with van der Waals surface area (Å²) in [6.45, 7) is 0. The summed E-state index contributed by atoms with van der Waals surface area (Å²) in [7, 11) is 1.41. The zero-order chi connectivity index (χ0) is 12.4. The van der Waals surface area contributed by atoms with Crippen LogP contribution in [0.1, 0.15) is 15.2 Å². The molecule has 2 rings (SSSR count). The highest BCUT2D eigenvalue weighted by atomic mass is 79.9. The van der Waals surface area contributed by atoms with Crippen LogP contribution in [0.3, 0.4) is 0 Å². The third-order valence-electron chi connectivity index (χ3n) is 2.23. The fraction of sp³-hybridized carbons (Fsp3) is 0.0833. The number of ether oxygens (including phenoxy) is 1. The summed E-state index contributed by atoms with van der Waals surface area (Å²) in [5, 5.41) is 1.77. The van der Waals surface area contributed by atoms with Crippen LogP contribution in [-0.2, 0) is 0 Å². The van der Waals surface area contributed by atoms with Gasteiger partial charge in [0.2, 0.25) is 5.78 Å². The van der Waals surface area contributed by atoms with Crippen molar-refractivity contribution in [3.63, 3.8) is 0 Å². The highest BCUT2D eigenvalue weighted by Crippen LogP contribution is 2.33. The zero-order valence-electron chi connectivity index (χ0n) is 8.87. The summed E-state index contributed by atoms with van der Waals surface area (Å²) in [5.41, 5.74) is -0.0377. The van der Waals surface area contributed by atoms with Crippen LogP contribution in [-0.4, -0.2) is 12.9 Å². The highest BCUT2D eigenvalue weighted by molar-refractivity contribution is 9.10. The Morgan fingerprint density at radius 3 is 2.76 bits per heavy atom. The SMILES string of the molecule is COc1c(Br)ccc(F)c1C(=O)c1cccs1. The fourth-order valence-electron chi connectivity index (χ4n) is 1.48. The molecule has 0 bridgehead atoms. The van der Waals surface area contributed by atoms with Crippen molar-refractivity contribution in [1.82, 2.24) is 0 Å². The summed E-state index contributed by atoms with van der Waals surface area (Å²) in [4.78, 5) is 12.6. The minimum absolute atomic E-state index is 0.0377. The third kappa shape index (κ3) is 2.25. The van der Waals surface area contributed by atoms with E-state index >= 15 is 0 Å². The predicted molar refractivity (Wildman–Crippen MR) is 68.4 cm³/mol. The van der Waals surface area contributed by atoms with Crippen molar-refractivity contribution in [3.8, 4) is 5.75 Å². The van der Waals surface area contributed by atoms with Gasteiger partial charge in [-0.3, -0.25) is 4.79 Å². The molecule has 0 atom stereocenters. The lowest BCUT2D eigenvalue weighted by Crippen LogP contribution is -2.05. The number of hydrogen-bond acceptors (Lipinski definition) is 3. The molecule has 0 spiro atoms. The maximum atomic E-state index is 13.7. The number of methoxy groups -OCH3 is 1. The molecule has 0 N–H and O–H groups in total. The monoisotopic (exact) mass is 314 g/mol. The number of halogens is 2. The smallest absolute Gasteiger partial charge is 0.209 e. The van der Waals surface area contributed by atoms with Crippen LogP contribution < -0.4 is 4.74 Å². The van der Waals surface area contributed by atoms with Crippen molar-refractivity contribution in [2.24, 2.45) is 0 Å². The second-order valence-corrected chi connectivity index (χ2v) is 5.05. The minimum atomic E-state index is -0.580. The van der Waals surface area contributed by atoms with Crippen LogP contribution in [0.15, 0.2) is 34.1 Å². The van der Waals surface area contributed by atoms with Gasteiger partial charge in [0, 0.05) is 0 Å². The molecule has 0 saturated carbocycles. The van der Waals surface area contributed by atoms with Gasteiger partial charge in [0.25, 0.3) is 0 Å². The van der Waals surface area contributed by atoms with Crippen LogP contribution in [0.25, 0.3) is 0 Å². The van der Waals surface area contributed by atoms with E-state index in [-0.39, 0.29) is 17.1 Å². The van der Waals surface area contributed by atoms with Gasteiger partial charge in [0.1, 0.15) is 17.1 Å². The summed E-state index contributed by atoms with van der Waals surface area (Å²) < 4.78 is 19.4. The van der Waals surface area contributed by atoms with Crippen molar-refractivity contribution in [2.45, 2.75) is 0 Å². The molecule has 2 aromatic rings. The Hall–Kier alpha value is -1.20. The van der Waals surface area contributed by atoms with Gasteiger partial charge in [0.15, 0.2) is 0 Å². The first-order valence-electron chi connectivity index (χ1n) is 4.75. The van der Waals surface area contributed by atoms with E-state index in [2.05, 4.69) is 15.9 Å². The summed E-state index contributed by atoms with van der Waals surface area (Å²) in [5.74, 6) is -0.720. The normalized spacial score (nSPS) is 10.3. The molecule has 0 amide bonds. The molecular formula is C12H8BrFO2S. The number of thiophene rings is 1. The van der Waals surface area contributed by atoms with Crippen molar-refractivity contribution < 1.29 is 13.9 Å². The highest BCUT2D eigenvalue weighted by Gasteiger charge is 2.22. The van der Waals surface area contributed by atoms with Gasteiger partial charge in [-0.1, -0.05) is 6.07 Å². The van der Waals surface area contributed by atoms with Crippen LogP contribution in [0.2, 0.25) is 0 Å². The largest absolute Gasteiger partial charge is 0.495 e. The van der Waals surface area contributed by atoms with Crippen LogP contribution in [0, 0.1) is 5.82 Å².